The Morgan fingerprint density at radius 1 is 0.843 bits per heavy atom. The number of allylic oxidation sites excluding steroid dienone is 1. The molecule has 7 unspecified atom stereocenters. The Morgan fingerprint density at radius 2 is 1.49 bits per heavy atom. The number of oxime groups is 1. The Balaban J connectivity index is 1.47. The number of unbranched alkanes of at least 4 members (excludes halogenated alkanes) is 19. The van der Waals surface area contributed by atoms with Crippen LogP contribution in [0.25, 0.3) is 0 Å². The van der Waals surface area contributed by atoms with Crippen molar-refractivity contribution in [3.63, 3.8) is 0 Å². The van der Waals surface area contributed by atoms with E-state index in [-0.39, 0.29) is 43.5 Å². The number of rotatable bonds is 36. The maximum Gasteiger partial charge on any atom is 0.412 e. The number of amides is 2. The molecule has 2 fully saturated rings. The fraction of sp³-hybridized carbons (Fsp3) is 0.776. The first-order chi connectivity index (χ1) is 34.3. The average molecular weight is 978 g/mol. The molecule has 2 aliphatic heterocycles. The number of likely N-dealkylation sites (N-methyl/N-ethyl adjacent to an activating group) is 1. The molecule has 2 amide bonds. The van der Waals surface area contributed by atoms with Gasteiger partial charge >= 0.3 is 6.09 Å². The molecule has 396 valence electrons. The third kappa shape index (κ3) is 17.4. The van der Waals surface area contributed by atoms with E-state index in [4.69, 9.17) is 28.9 Å². The number of fused-ring (bicyclic) bond motifs is 2. The largest absolute Gasteiger partial charge is 0.459 e. The zero-order chi connectivity index (χ0) is 49.8. The SMILES string of the molecule is C=CCOC12Oc3ccc(OC(=O)NCCCCCCCCCCCC)cc3C3C(CCCCO)C(CCCCO)C=C(C(=NOC4CCCCO4)CC1N(C)C(=O)CCCCCCCCCCC)C32. The Hall–Kier alpha value is -3.45. The Labute approximate surface area is 423 Å². The van der Waals surface area contributed by atoms with Crippen LogP contribution in [-0.4, -0.2) is 91.0 Å². The van der Waals surface area contributed by atoms with Crippen LogP contribution in [0.4, 0.5) is 4.79 Å². The smallest absolute Gasteiger partial charge is 0.412 e. The molecule has 2 aliphatic carbocycles. The number of hydrogen-bond donors (Lipinski definition) is 3. The van der Waals surface area contributed by atoms with Crippen LogP contribution in [0.5, 0.6) is 11.5 Å². The summed E-state index contributed by atoms with van der Waals surface area (Å²) in [5.74, 6) is -0.764. The van der Waals surface area contributed by atoms with Crippen molar-refractivity contribution in [1.29, 1.82) is 0 Å². The molecule has 1 aromatic rings. The van der Waals surface area contributed by atoms with Gasteiger partial charge in [-0.15, -0.1) is 6.58 Å². The van der Waals surface area contributed by atoms with Crippen molar-refractivity contribution in [3.8, 4) is 11.5 Å². The summed E-state index contributed by atoms with van der Waals surface area (Å²) in [6, 6.07) is 5.08. The Bertz CT molecular complexity index is 1730. The molecule has 1 saturated carbocycles. The second-order valence-corrected chi connectivity index (χ2v) is 20.8. The van der Waals surface area contributed by atoms with Crippen molar-refractivity contribution < 1.29 is 43.6 Å². The quantitative estimate of drug-likeness (QED) is 0.0339. The molecule has 0 spiro atoms. The molecule has 1 aromatic carbocycles. The van der Waals surface area contributed by atoms with E-state index in [1.165, 1.54) is 89.9 Å². The van der Waals surface area contributed by atoms with Gasteiger partial charge in [0.1, 0.15) is 17.5 Å². The van der Waals surface area contributed by atoms with E-state index in [0.717, 1.165) is 93.9 Å². The predicted octanol–water partition coefficient (Wildman–Crippen LogP) is 13.2. The Morgan fingerprint density at radius 3 is 2.11 bits per heavy atom. The van der Waals surface area contributed by atoms with Gasteiger partial charge in [0.05, 0.1) is 24.8 Å². The van der Waals surface area contributed by atoms with Crippen LogP contribution in [-0.2, 0) is 19.1 Å². The molecule has 12 nitrogen and oxygen atoms in total. The van der Waals surface area contributed by atoms with Gasteiger partial charge in [-0.05, 0) is 87.0 Å². The molecule has 1 saturated heterocycles. The molecule has 2 heterocycles. The maximum absolute atomic E-state index is 14.5. The van der Waals surface area contributed by atoms with Gasteiger partial charge in [0.2, 0.25) is 18.0 Å². The molecule has 0 radical (unpaired) electrons. The summed E-state index contributed by atoms with van der Waals surface area (Å²) < 4.78 is 26.5. The first-order valence-electron chi connectivity index (χ1n) is 28.4. The molecular formula is C58H95N3O9. The molecule has 0 bridgehead atoms. The van der Waals surface area contributed by atoms with Gasteiger partial charge < -0.3 is 44.2 Å². The standard InChI is InChI=1S/C58H95N3O9/c1-5-8-10-12-14-16-18-20-22-27-37-59-57(65)68-46-35-36-51-49(43-46)55-47(32-25-29-39-63)45(31-24-28-38-62)42-48-50(60-70-54-34-26-30-41-66-54)44-52(58(69-51,56(48)55)67-40-7-3)61(4)53(64)33-23-21-19-17-15-13-11-9-6-2/h7,35-36,42-43,45,47,52,54-56,62-63H,3,5-6,8-34,37-41,44H2,1-2,4H3,(H,59,65). The van der Waals surface area contributed by atoms with Gasteiger partial charge in [0.15, 0.2) is 0 Å². The summed E-state index contributed by atoms with van der Waals surface area (Å²) in [4.78, 5) is 36.0. The molecule has 12 heteroatoms. The highest BCUT2D eigenvalue weighted by molar-refractivity contribution is 6.03. The van der Waals surface area contributed by atoms with E-state index in [9.17, 15) is 19.8 Å². The summed E-state index contributed by atoms with van der Waals surface area (Å²) in [6.07, 6.45) is 34.0. The monoisotopic (exact) mass is 978 g/mol. The minimum Gasteiger partial charge on any atom is -0.459 e. The van der Waals surface area contributed by atoms with E-state index in [1.54, 1.807) is 12.1 Å². The molecule has 7 atom stereocenters. The molecule has 70 heavy (non-hydrogen) atoms. The van der Waals surface area contributed by atoms with Crippen molar-refractivity contribution >= 4 is 17.7 Å². The second-order valence-electron chi connectivity index (χ2n) is 20.8. The van der Waals surface area contributed by atoms with Crippen LogP contribution in [0.1, 0.15) is 218 Å². The second kappa shape index (κ2) is 32.6. The number of carbonyl (C=O) groups excluding carboxylic acids is 2. The summed E-state index contributed by atoms with van der Waals surface area (Å²) in [7, 11) is 1.88. The van der Waals surface area contributed by atoms with E-state index < -0.39 is 30.1 Å². The number of benzene rings is 1. The molecule has 3 N–H and O–H groups in total. The number of hydrogen-bond acceptors (Lipinski definition) is 10. The first-order valence-corrected chi connectivity index (χ1v) is 28.4. The number of ether oxygens (including phenoxy) is 4. The van der Waals surface area contributed by atoms with Crippen molar-refractivity contribution in [2.24, 2.45) is 22.9 Å². The molecule has 5 rings (SSSR count). The number of aliphatic hydroxyl groups is 2. The first kappa shape index (κ1) is 57.5. The number of nitrogens with one attached hydrogen (secondary N) is 1. The highest BCUT2D eigenvalue weighted by atomic mass is 16.8. The third-order valence-electron chi connectivity index (χ3n) is 15.4. The number of nitrogens with zero attached hydrogens (tertiary/aromatic N) is 2. The van der Waals surface area contributed by atoms with Crippen molar-refractivity contribution in [1.82, 2.24) is 10.2 Å². The lowest BCUT2D eigenvalue weighted by atomic mass is 9.55. The summed E-state index contributed by atoms with van der Waals surface area (Å²) >= 11 is 0. The average Bonchev–Trinajstić information content (AvgIpc) is 3.37. The van der Waals surface area contributed by atoms with E-state index >= 15 is 0 Å². The third-order valence-corrected chi connectivity index (χ3v) is 15.4. The van der Waals surface area contributed by atoms with Crippen molar-refractivity contribution in [2.75, 3.05) is 40.0 Å². The van der Waals surface area contributed by atoms with Crippen LogP contribution in [0.15, 0.2) is 47.7 Å². The maximum atomic E-state index is 14.5. The minimum atomic E-state index is -1.33. The van der Waals surface area contributed by atoms with Crippen LogP contribution < -0.4 is 14.8 Å². The van der Waals surface area contributed by atoms with Crippen molar-refractivity contribution in [3.05, 3.63) is 48.1 Å². The van der Waals surface area contributed by atoms with Crippen LogP contribution >= 0.6 is 0 Å². The van der Waals surface area contributed by atoms with E-state index in [0.29, 0.717) is 50.3 Å². The van der Waals surface area contributed by atoms with Crippen LogP contribution in [0.3, 0.4) is 0 Å². The van der Waals surface area contributed by atoms with E-state index in [2.05, 4.69) is 31.8 Å². The fourth-order valence-corrected chi connectivity index (χ4v) is 11.6. The van der Waals surface area contributed by atoms with Crippen molar-refractivity contribution in [2.45, 2.75) is 231 Å². The zero-order valence-electron chi connectivity index (χ0n) is 44.0. The lowest BCUT2D eigenvalue weighted by Crippen LogP contribution is -2.69. The summed E-state index contributed by atoms with van der Waals surface area (Å²) in [5, 5.41) is 27.9. The van der Waals surface area contributed by atoms with Gasteiger partial charge in [0, 0.05) is 57.6 Å². The number of aliphatic hydroxyl groups excluding tert-OH is 2. The highest BCUT2D eigenvalue weighted by Gasteiger charge is 2.65. The van der Waals surface area contributed by atoms with Gasteiger partial charge in [-0.3, -0.25) is 4.79 Å². The van der Waals surface area contributed by atoms with Crippen LogP contribution in [0, 0.1) is 17.8 Å². The minimum absolute atomic E-state index is 0.0357. The topological polar surface area (TPSA) is 148 Å². The lowest BCUT2D eigenvalue weighted by Gasteiger charge is -2.59. The van der Waals surface area contributed by atoms with Gasteiger partial charge in [-0.1, -0.05) is 153 Å². The van der Waals surface area contributed by atoms with Gasteiger partial charge in [-0.25, -0.2) is 4.79 Å². The molecule has 0 aromatic heterocycles. The zero-order valence-corrected chi connectivity index (χ0v) is 44.0. The number of carbonyl (C=O) groups is 2. The fourth-order valence-electron chi connectivity index (χ4n) is 11.6. The van der Waals surface area contributed by atoms with Gasteiger partial charge in [0.25, 0.3) is 0 Å². The Kier molecular flexibility index (Phi) is 26.7. The summed E-state index contributed by atoms with van der Waals surface area (Å²) in [6.45, 7) is 10.1. The molecule has 4 aliphatic rings. The van der Waals surface area contributed by atoms with Gasteiger partial charge in [-0.2, -0.15) is 0 Å². The van der Waals surface area contributed by atoms with E-state index in [1.807, 2.05) is 24.1 Å². The van der Waals surface area contributed by atoms with Crippen LogP contribution in [0.2, 0.25) is 0 Å². The summed E-state index contributed by atoms with van der Waals surface area (Å²) in [5.41, 5.74) is 2.64. The lowest BCUT2D eigenvalue weighted by molar-refractivity contribution is -0.256. The predicted molar refractivity (Wildman–Crippen MR) is 280 cm³/mol. The normalized spacial score (nSPS) is 24.2. The molecular weight excluding hydrogens is 883 g/mol. The highest BCUT2D eigenvalue weighted by Crippen LogP contribution is 2.62.